The van der Waals surface area contributed by atoms with Gasteiger partial charge in [-0.2, -0.15) is 0 Å². The first-order chi connectivity index (χ1) is 15.1. The molecule has 0 radical (unpaired) electrons. The molecule has 31 heavy (non-hydrogen) atoms. The monoisotopic (exact) mass is 420 g/mol. The van der Waals surface area contributed by atoms with Crippen LogP contribution in [0.4, 0.5) is 4.39 Å². The number of H-pyrrole nitrogens is 1. The maximum Gasteiger partial charge on any atom is 0.258 e. The van der Waals surface area contributed by atoms with Crippen molar-refractivity contribution in [3.05, 3.63) is 70.9 Å². The van der Waals surface area contributed by atoms with Gasteiger partial charge in [-0.1, -0.05) is 5.21 Å². The van der Waals surface area contributed by atoms with Gasteiger partial charge in [0.2, 0.25) is 0 Å². The molecule has 0 amide bonds. The first-order valence-corrected chi connectivity index (χ1v) is 10.2. The van der Waals surface area contributed by atoms with E-state index in [0.717, 1.165) is 30.7 Å². The molecule has 1 aliphatic rings. The molecule has 1 N–H and O–H groups in total. The Balaban J connectivity index is 1.39. The van der Waals surface area contributed by atoms with Gasteiger partial charge in [0, 0.05) is 18.0 Å². The SMILES string of the molecule is CO[C@@H]1CCC[C@H]1Oc1ccc(-n2cc(-c3cc4cc(F)ccc4[nH]c3=O)nn2)cc1. The topological polar surface area (TPSA) is 82.0 Å². The Morgan fingerprint density at radius 3 is 2.71 bits per heavy atom. The highest BCUT2D eigenvalue weighted by Crippen LogP contribution is 2.27. The molecule has 2 atom stereocenters. The maximum atomic E-state index is 13.6. The number of aromatic amines is 1. The third kappa shape index (κ3) is 3.82. The number of pyridine rings is 1. The number of nitrogens with one attached hydrogen (secondary N) is 1. The quantitative estimate of drug-likeness (QED) is 0.530. The Morgan fingerprint density at radius 2 is 1.90 bits per heavy atom. The molecule has 7 nitrogen and oxygen atoms in total. The van der Waals surface area contributed by atoms with Gasteiger partial charge in [-0.05, 0) is 67.8 Å². The van der Waals surface area contributed by atoms with Crippen LogP contribution >= 0.6 is 0 Å². The molecular formula is C23H21FN4O3. The molecule has 0 spiro atoms. The molecule has 1 saturated carbocycles. The number of hydrogen-bond donors (Lipinski definition) is 1. The van der Waals surface area contributed by atoms with Crippen molar-refractivity contribution in [2.24, 2.45) is 0 Å². The Bertz CT molecular complexity index is 1280. The first-order valence-electron chi connectivity index (χ1n) is 10.2. The highest BCUT2D eigenvalue weighted by atomic mass is 19.1. The summed E-state index contributed by atoms with van der Waals surface area (Å²) in [5.74, 6) is 0.400. The van der Waals surface area contributed by atoms with Gasteiger partial charge < -0.3 is 14.5 Å². The molecule has 0 aliphatic heterocycles. The largest absolute Gasteiger partial charge is 0.488 e. The third-order valence-electron chi connectivity index (χ3n) is 5.66. The van der Waals surface area contributed by atoms with Crippen molar-refractivity contribution in [2.75, 3.05) is 7.11 Å². The van der Waals surface area contributed by atoms with E-state index in [1.54, 1.807) is 24.1 Å². The zero-order chi connectivity index (χ0) is 21.4. The van der Waals surface area contributed by atoms with Gasteiger partial charge in [0.05, 0.1) is 23.6 Å². The van der Waals surface area contributed by atoms with Crippen molar-refractivity contribution < 1.29 is 13.9 Å². The number of hydrogen-bond acceptors (Lipinski definition) is 5. The number of halogens is 1. The van der Waals surface area contributed by atoms with Gasteiger partial charge in [0.25, 0.3) is 5.56 Å². The fourth-order valence-electron chi connectivity index (χ4n) is 4.03. The summed E-state index contributed by atoms with van der Waals surface area (Å²) in [6.45, 7) is 0. The van der Waals surface area contributed by atoms with Crippen molar-refractivity contribution in [3.8, 4) is 22.7 Å². The van der Waals surface area contributed by atoms with Crippen LogP contribution in [0.5, 0.6) is 5.75 Å². The minimum Gasteiger partial charge on any atom is -0.488 e. The van der Waals surface area contributed by atoms with Crippen molar-refractivity contribution in [1.29, 1.82) is 0 Å². The van der Waals surface area contributed by atoms with Crippen LogP contribution in [0.1, 0.15) is 19.3 Å². The number of ether oxygens (including phenoxy) is 2. The van der Waals surface area contributed by atoms with E-state index in [-0.39, 0.29) is 23.6 Å². The third-order valence-corrected chi connectivity index (χ3v) is 5.66. The number of fused-ring (bicyclic) bond motifs is 1. The number of rotatable bonds is 5. The average molecular weight is 420 g/mol. The molecule has 8 heteroatoms. The molecule has 158 valence electrons. The lowest BCUT2D eigenvalue weighted by molar-refractivity contribution is 0.0229. The van der Waals surface area contributed by atoms with Gasteiger partial charge in [-0.15, -0.1) is 5.10 Å². The fraction of sp³-hybridized carbons (Fsp3) is 0.261. The Hall–Kier alpha value is -3.52. The first kappa shape index (κ1) is 19.4. The molecule has 1 fully saturated rings. The van der Waals surface area contributed by atoms with E-state index in [1.165, 1.54) is 18.2 Å². The van der Waals surface area contributed by atoms with E-state index in [1.807, 2.05) is 24.3 Å². The van der Waals surface area contributed by atoms with Crippen LogP contribution in [0, 0.1) is 5.82 Å². The highest BCUT2D eigenvalue weighted by Gasteiger charge is 2.28. The van der Waals surface area contributed by atoms with Crippen LogP contribution in [0.15, 0.2) is 59.5 Å². The Morgan fingerprint density at radius 1 is 1.10 bits per heavy atom. The summed E-state index contributed by atoms with van der Waals surface area (Å²) in [7, 11) is 1.72. The minimum absolute atomic E-state index is 0.0679. The molecule has 2 heterocycles. The lowest BCUT2D eigenvalue weighted by atomic mass is 10.1. The number of nitrogens with zero attached hydrogens (tertiary/aromatic N) is 3. The number of methoxy groups -OCH3 is 1. The van der Waals surface area contributed by atoms with E-state index < -0.39 is 0 Å². The Kier molecular flexibility index (Phi) is 4.99. The summed E-state index contributed by atoms with van der Waals surface area (Å²) < 4.78 is 26.7. The molecule has 0 bridgehead atoms. The van der Waals surface area contributed by atoms with Crippen molar-refractivity contribution in [3.63, 3.8) is 0 Å². The molecule has 2 aromatic carbocycles. The zero-order valence-corrected chi connectivity index (χ0v) is 16.9. The van der Waals surface area contributed by atoms with Gasteiger partial charge in [-0.25, -0.2) is 9.07 Å². The lowest BCUT2D eigenvalue weighted by Gasteiger charge is -2.20. The predicted molar refractivity (Wildman–Crippen MR) is 114 cm³/mol. The van der Waals surface area contributed by atoms with Crippen molar-refractivity contribution >= 4 is 10.9 Å². The summed E-state index contributed by atoms with van der Waals surface area (Å²) in [5, 5.41) is 8.86. The predicted octanol–water partition coefficient (Wildman–Crippen LogP) is 3.86. The summed E-state index contributed by atoms with van der Waals surface area (Å²) in [6.07, 6.45) is 4.97. The average Bonchev–Trinajstić information content (AvgIpc) is 3.44. The highest BCUT2D eigenvalue weighted by molar-refractivity contribution is 5.82. The molecule has 2 aromatic heterocycles. The molecule has 4 aromatic rings. The van der Waals surface area contributed by atoms with Crippen LogP contribution < -0.4 is 10.3 Å². The van der Waals surface area contributed by atoms with Crippen LogP contribution in [0.2, 0.25) is 0 Å². The lowest BCUT2D eigenvalue weighted by Crippen LogP contribution is -2.27. The van der Waals surface area contributed by atoms with E-state index >= 15 is 0 Å². The van der Waals surface area contributed by atoms with Crippen LogP contribution in [-0.2, 0) is 4.74 Å². The summed E-state index contributed by atoms with van der Waals surface area (Å²) in [4.78, 5) is 15.2. The van der Waals surface area contributed by atoms with Gasteiger partial charge >= 0.3 is 0 Å². The smallest absolute Gasteiger partial charge is 0.258 e. The standard InChI is InChI=1S/C23H21FN4O3/c1-30-21-3-2-4-22(21)31-17-8-6-16(7-9-17)28-13-20(26-27-28)18-12-14-11-15(24)5-10-19(14)25-23(18)29/h5-13,21-22H,2-4H2,1H3,(H,25,29)/t21-,22-/m1/s1. The summed E-state index contributed by atoms with van der Waals surface area (Å²) >= 11 is 0. The minimum atomic E-state index is -0.370. The maximum absolute atomic E-state index is 13.6. The summed E-state index contributed by atoms with van der Waals surface area (Å²) in [6, 6.07) is 13.4. The fourth-order valence-corrected chi connectivity index (χ4v) is 4.03. The Labute approximate surface area is 177 Å². The second-order valence-corrected chi connectivity index (χ2v) is 7.65. The van der Waals surface area contributed by atoms with Crippen molar-refractivity contribution in [1.82, 2.24) is 20.0 Å². The van der Waals surface area contributed by atoms with Crippen LogP contribution in [0.3, 0.4) is 0 Å². The van der Waals surface area contributed by atoms with Gasteiger partial charge in [0.15, 0.2) is 0 Å². The van der Waals surface area contributed by atoms with Gasteiger partial charge in [0.1, 0.15) is 23.4 Å². The second-order valence-electron chi connectivity index (χ2n) is 7.65. The van der Waals surface area contributed by atoms with Crippen LogP contribution in [-0.4, -0.2) is 39.3 Å². The molecule has 0 unspecified atom stereocenters. The number of aromatic nitrogens is 4. The van der Waals surface area contributed by atoms with E-state index in [2.05, 4.69) is 15.3 Å². The zero-order valence-electron chi connectivity index (χ0n) is 16.9. The van der Waals surface area contributed by atoms with E-state index in [4.69, 9.17) is 9.47 Å². The molecule has 1 aliphatic carbocycles. The van der Waals surface area contributed by atoms with Crippen molar-refractivity contribution in [2.45, 2.75) is 31.5 Å². The molecular weight excluding hydrogens is 399 g/mol. The summed E-state index contributed by atoms with van der Waals surface area (Å²) in [5.41, 5.74) is 1.78. The van der Waals surface area contributed by atoms with Gasteiger partial charge in [-0.3, -0.25) is 4.79 Å². The molecule has 5 rings (SSSR count). The molecule has 0 saturated heterocycles. The second kappa shape index (κ2) is 7.96. The number of benzene rings is 2. The normalized spacial score (nSPS) is 18.5. The van der Waals surface area contributed by atoms with Crippen LogP contribution in [0.25, 0.3) is 27.8 Å². The van der Waals surface area contributed by atoms with E-state index in [0.29, 0.717) is 22.2 Å². The van der Waals surface area contributed by atoms with E-state index in [9.17, 15) is 9.18 Å².